The lowest BCUT2D eigenvalue weighted by atomic mass is 10.2. The number of nitrogens with zero attached hydrogens (tertiary/aromatic N) is 1. The molecule has 0 aliphatic carbocycles. The van der Waals surface area contributed by atoms with Crippen LogP contribution in [0.5, 0.6) is 5.75 Å². The molecule has 0 atom stereocenters. The van der Waals surface area contributed by atoms with Gasteiger partial charge in [0.25, 0.3) is 5.91 Å². The molecule has 0 radical (unpaired) electrons. The Morgan fingerprint density at radius 3 is 2.23 bits per heavy atom. The maximum atomic E-state index is 12.2. The number of anilines is 2. The van der Waals surface area contributed by atoms with Crippen LogP contribution in [0.2, 0.25) is 0 Å². The lowest BCUT2D eigenvalue weighted by Crippen LogP contribution is -2.27. The maximum absolute atomic E-state index is 12.2. The van der Waals surface area contributed by atoms with Crippen molar-refractivity contribution in [1.82, 2.24) is 4.90 Å². The minimum Gasteiger partial charge on any atom is -0.492 e. The predicted molar refractivity (Wildman–Crippen MR) is 113 cm³/mol. The summed E-state index contributed by atoms with van der Waals surface area (Å²) in [5, 5.41) is 2.81. The van der Waals surface area contributed by atoms with Crippen LogP contribution in [0.15, 0.2) is 48.5 Å². The Labute approximate surface area is 167 Å². The maximum Gasteiger partial charge on any atom is 0.255 e. The monoisotopic (exact) mass is 399 g/mol. The minimum absolute atomic E-state index is 0. The van der Waals surface area contributed by atoms with E-state index in [1.54, 1.807) is 24.3 Å². The highest BCUT2D eigenvalue weighted by atomic mass is 35.5. The third kappa shape index (κ3) is 7.12. The third-order valence-corrected chi connectivity index (χ3v) is 3.90. The van der Waals surface area contributed by atoms with E-state index in [2.05, 4.69) is 24.1 Å². The summed E-state index contributed by atoms with van der Waals surface area (Å²) >= 11 is 0. The van der Waals surface area contributed by atoms with E-state index in [4.69, 9.17) is 10.5 Å². The van der Waals surface area contributed by atoms with Gasteiger partial charge in [-0.2, -0.15) is 0 Å². The highest BCUT2D eigenvalue weighted by Crippen LogP contribution is 2.19. The average Bonchev–Trinajstić information content (AvgIpc) is 2.61. The molecule has 2 aromatic rings. The van der Waals surface area contributed by atoms with E-state index in [0.29, 0.717) is 23.5 Å². The zero-order valence-corrected chi connectivity index (χ0v) is 16.7. The smallest absolute Gasteiger partial charge is 0.255 e. The van der Waals surface area contributed by atoms with Crippen molar-refractivity contribution in [1.29, 1.82) is 0 Å². The number of carbonyl (C=O) groups is 1. The lowest BCUT2D eigenvalue weighted by molar-refractivity contribution is 0.102. The largest absolute Gasteiger partial charge is 0.492 e. The number of para-hydroxylation sites is 2. The standard InChI is InChI=1S/C19H25N3O2.2ClH/c1-3-22(4-2)13-14-24-16-11-9-15(10-12-16)19(23)21-18-8-6-5-7-17(18)20;;/h5-12H,3-4,13-14,20H2,1-2H3,(H,21,23);2*1H. The van der Waals surface area contributed by atoms with Crippen LogP contribution in [0.25, 0.3) is 0 Å². The molecule has 0 spiro atoms. The van der Waals surface area contributed by atoms with Crippen molar-refractivity contribution in [2.45, 2.75) is 13.8 Å². The number of rotatable bonds is 8. The van der Waals surface area contributed by atoms with E-state index >= 15 is 0 Å². The second-order valence-corrected chi connectivity index (χ2v) is 5.44. The van der Waals surface area contributed by atoms with Crippen LogP contribution in [0.4, 0.5) is 11.4 Å². The van der Waals surface area contributed by atoms with Crippen molar-refractivity contribution in [3.8, 4) is 5.75 Å². The number of nitrogens with two attached hydrogens (primary N) is 1. The summed E-state index contributed by atoms with van der Waals surface area (Å²) in [7, 11) is 0. The van der Waals surface area contributed by atoms with E-state index in [1.165, 1.54) is 0 Å². The quantitative estimate of drug-likeness (QED) is 0.655. The van der Waals surface area contributed by atoms with Crippen LogP contribution in [0, 0.1) is 0 Å². The Morgan fingerprint density at radius 1 is 1.04 bits per heavy atom. The van der Waals surface area contributed by atoms with E-state index in [0.717, 1.165) is 25.4 Å². The number of ether oxygens (including phenoxy) is 1. The second kappa shape index (κ2) is 12.4. The SMILES string of the molecule is CCN(CC)CCOc1ccc(C(=O)Nc2ccccc2N)cc1.Cl.Cl. The molecule has 2 rings (SSSR count). The predicted octanol–water partition coefficient (Wildman–Crippen LogP) is 4.09. The van der Waals surface area contributed by atoms with Crippen LogP contribution in [0.1, 0.15) is 24.2 Å². The Balaban J connectivity index is 0.00000312. The van der Waals surface area contributed by atoms with Crippen molar-refractivity contribution < 1.29 is 9.53 Å². The first-order chi connectivity index (χ1) is 11.6. The zero-order chi connectivity index (χ0) is 17.4. The first-order valence-electron chi connectivity index (χ1n) is 8.25. The molecule has 0 fully saturated rings. The van der Waals surface area contributed by atoms with Gasteiger partial charge in [0.15, 0.2) is 0 Å². The molecule has 0 saturated carbocycles. The van der Waals surface area contributed by atoms with Gasteiger partial charge < -0.3 is 20.7 Å². The second-order valence-electron chi connectivity index (χ2n) is 5.44. The van der Waals surface area contributed by atoms with Gasteiger partial charge in [-0.15, -0.1) is 24.8 Å². The van der Waals surface area contributed by atoms with Gasteiger partial charge in [0.05, 0.1) is 11.4 Å². The molecule has 0 aliphatic heterocycles. The summed E-state index contributed by atoms with van der Waals surface area (Å²) in [6.07, 6.45) is 0. The minimum atomic E-state index is -0.192. The molecule has 2 aromatic carbocycles. The van der Waals surface area contributed by atoms with Crippen molar-refractivity contribution in [3.63, 3.8) is 0 Å². The molecule has 1 amide bonds. The highest BCUT2D eigenvalue weighted by molar-refractivity contribution is 6.05. The average molecular weight is 400 g/mol. The fourth-order valence-electron chi connectivity index (χ4n) is 2.34. The van der Waals surface area contributed by atoms with Gasteiger partial charge in [-0.3, -0.25) is 4.79 Å². The number of benzene rings is 2. The molecule has 144 valence electrons. The summed E-state index contributed by atoms with van der Waals surface area (Å²) in [6, 6.07) is 14.3. The van der Waals surface area contributed by atoms with Crippen LogP contribution in [-0.4, -0.2) is 37.0 Å². The van der Waals surface area contributed by atoms with E-state index in [9.17, 15) is 4.79 Å². The number of likely N-dealkylation sites (N-methyl/N-ethyl adjacent to an activating group) is 1. The molecule has 0 unspecified atom stereocenters. The van der Waals surface area contributed by atoms with E-state index in [-0.39, 0.29) is 30.7 Å². The molecule has 0 saturated heterocycles. The normalized spacial score (nSPS) is 9.81. The fraction of sp³-hybridized carbons (Fsp3) is 0.316. The lowest BCUT2D eigenvalue weighted by Gasteiger charge is -2.18. The highest BCUT2D eigenvalue weighted by Gasteiger charge is 2.08. The van der Waals surface area contributed by atoms with Crippen molar-refractivity contribution in [2.24, 2.45) is 0 Å². The Morgan fingerprint density at radius 2 is 1.65 bits per heavy atom. The van der Waals surface area contributed by atoms with Crippen molar-refractivity contribution in [2.75, 3.05) is 37.3 Å². The molecule has 7 heteroatoms. The molecule has 0 bridgehead atoms. The molecule has 5 nitrogen and oxygen atoms in total. The first-order valence-corrected chi connectivity index (χ1v) is 8.25. The van der Waals surface area contributed by atoms with E-state index in [1.807, 2.05) is 24.3 Å². The van der Waals surface area contributed by atoms with Crippen molar-refractivity contribution >= 4 is 42.1 Å². The van der Waals surface area contributed by atoms with Crippen LogP contribution in [0.3, 0.4) is 0 Å². The number of nitrogens with one attached hydrogen (secondary N) is 1. The Bertz CT molecular complexity index is 662. The Hall–Kier alpha value is -1.95. The van der Waals surface area contributed by atoms with Gasteiger partial charge in [-0.05, 0) is 49.5 Å². The number of amides is 1. The molecular formula is C19H27Cl2N3O2. The van der Waals surface area contributed by atoms with E-state index < -0.39 is 0 Å². The van der Waals surface area contributed by atoms with Gasteiger partial charge in [0.2, 0.25) is 0 Å². The molecular weight excluding hydrogens is 373 g/mol. The van der Waals surface area contributed by atoms with Gasteiger partial charge in [0, 0.05) is 12.1 Å². The van der Waals surface area contributed by atoms with Gasteiger partial charge in [-0.25, -0.2) is 0 Å². The summed E-state index contributed by atoms with van der Waals surface area (Å²) in [6.45, 7) is 7.83. The van der Waals surface area contributed by atoms with Crippen molar-refractivity contribution in [3.05, 3.63) is 54.1 Å². The summed E-state index contributed by atoms with van der Waals surface area (Å²) in [5.41, 5.74) is 7.56. The number of hydrogen-bond acceptors (Lipinski definition) is 4. The number of halogens is 2. The molecule has 0 aromatic heterocycles. The first kappa shape index (κ1) is 24.1. The van der Waals surface area contributed by atoms with Gasteiger partial charge in [-0.1, -0.05) is 26.0 Å². The van der Waals surface area contributed by atoms with Crippen LogP contribution in [-0.2, 0) is 0 Å². The molecule has 0 aliphatic rings. The van der Waals surface area contributed by atoms with Gasteiger partial charge >= 0.3 is 0 Å². The number of hydrogen-bond donors (Lipinski definition) is 2. The van der Waals surface area contributed by atoms with Crippen LogP contribution < -0.4 is 15.8 Å². The third-order valence-electron chi connectivity index (χ3n) is 3.90. The summed E-state index contributed by atoms with van der Waals surface area (Å²) < 4.78 is 5.72. The van der Waals surface area contributed by atoms with Gasteiger partial charge in [0.1, 0.15) is 12.4 Å². The fourth-order valence-corrected chi connectivity index (χ4v) is 2.34. The zero-order valence-electron chi connectivity index (χ0n) is 15.1. The molecule has 26 heavy (non-hydrogen) atoms. The summed E-state index contributed by atoms with van der Waals surface area (Å²) in [5.74, 6) is 0.570. The number of nitrogen functional groups attached to an aromatic ring is 1. The Kier molecular flexibility index (Phi) is 11.5. The molecule has 0 heterocycles. The topological polar surface area (TPSA) is 67.6 Å². The summed E-state index contributed by atoms with van der Waals surface area (Å²) in [4.78, 5) is 14.5. The van der Waals surface area contributed by atoms with Crippen LogP contribution >= 0.6 is 24.8 Å². The number of carbonyl (C=O) groups excluding carboxylic acids is 1. The molecule has 3 N–H and O–H groups in total.